The van der Waals surface area contributed by atoms with Crippen LogP contribution >= 0.6 is 0 Å². The third-order valence-corrected chi connectivity index (χ3v) is 5.80. The van der Waals surface area contributed by atoms with E-state index in [1.54, 1.807) is 23.7 Å². The zero-order valence-electron chi connectivity index (χ0n) is 21.4. The fraction of sp³-hybridized carbons (Fsp3) is 0.370. The van der Waals surface area contributed by atoms with Crippen molar-refractivity contribution in [3.63, 3.8) is 0 Å². The number of hydrogen-bond donors (Lipinski definition) is 1. The monoisotopic (exact) mass is 491 g/mol. The van der Waals surface area contributed by atoms with E-state index in [1.807, 2.05) is 64.1 Å². The maximum atomic E-state index is 13.3. The lowest BCUT2D eigenvalue weighted by molar-refractivity contribution is -0.385. The first-order valence-electron chi connectivity index (χ1n) is 12.0. The lowest BCUT2D eigenvalue weighted by atomic mass is 9.92. The van der Waals surface area contributed by atoms with Crippen LogP contribution in [-0.2, 0) is 10.2 Å². The summed E-state index contributed by atoms with van der Waals surface area (Å²) < 4.78 is 1.68. The highest BCUT2D eigenvalue weighted by molar-refractivity contribution is 5.99. The van der Waals surface area contributed by atoms with Crippen molar-refractivity contribution in [2.45, 2.75) is 52.9 Å². The molecule has 0 aliphatic rings. The molecule has 190 valence electrons. The van der Waals surface area contributed by atoms with Crippen molar-refractivity contribution in [3.05, 3.63) is 81.5 Å². The fourth-order valence-electron chi connectivity index (χ4n) is 3.68. The van der Waals surface area contributed by atoms with E-state index in [4.69, 9.17) is 5.10 Å². The van der Waals surface area contributed by atoms with Crippen molar-refractivity contribution in [2.24, 2.45) is 0 Å². The summed E-state index contributed by atoms with van der Waals surface area (Å²) in [7, 11) is 0. The Labute approximate surface area is 211 Å². The van der Waals surface area contributed by atoms with Gasteiger partial charge in [0, 0.05) is 35.2 Å². The molecule has 0 fully saturated rings. The van der Waals surface area contributed by atoms with Gasteiger partial charge in [0.15, 0.2) is 0 Å². The zero-order valence-corrected chi connectivity index (χ0v) is 21.4. The van der Waals surface area contributed by atoms with Gasteiger partial charge in [0.1, 0.15) is 12.4 Å². The molecule has 9 nitrogen and oxygen atoms in total. The fourth-order valence-corrected chi connectivity index (χ4v) is 3.68. The molecule has 0 aliphatic carbocycles. The standard InChI is InChI=1S/C27H33N5O4/c1-6-7-15-30(26(34)20-14-13-19(2)22(16-20)32(35)36)18-25(33)28-24-17-23(27(3,4)5)29-31(24)21-11-9-8-10-12-21/h8-14,16-17H,6-7,15,18H2,1-5H3,(H,28,33). The van der Waals surface area contributed by atoms with E-state index < -0.39 is 10.8 Å². The highest BCUT2D eigenvalue weighted by Gasteiger charge is 2.24. The minimum atomic E-state index is -0.507. The molecule has 0 radical (unpaired) electrons. The van der Waals surface area contributed by atoms with Gasteiger partial charge < -0.3 is 10.2 Å². The van der Waals surface area contributed by atoms with Crippen LogP contribution in [0, 0.1) is 17.0 Å². The Morgan fingerprint density at radius 2 is 1.81 bits per heavy atom. The van der Waals surface area contributed by atoms with Gasteiger partial charge in [0.05, 0.1) is 16.3 Å². The number of hydrogen-bond acceptors (Lipinski definition) is 5. The predicted molar refractivity (Wildman–Crippen MR) is 140 cm³/mol. The number of aromatic nitrogens is 2. The molecule has 36 heavy (non-hydrogen) atoms. The number of rotatable bonds is 9. The SMILES string of the molecule is CCCCN(CC(=O)Nc1cc(C(C)(C)C)nn1-c1ccccc1)C(=O)c1ccc(C)c([N+](=O)[O-])c1. The van der Waals surface area contributed by atoms with E-state index in [1.165, 1.54) is 11.0 Å². The Bertz CT molecular complexity index is 1240. The number of nitro groups is 1. The summed E-state index contributed by atoms with van der Waals surface area (Å²) in [5, 5.41) is 19.0. The van der Waals surface area contributed by atoms with E-state index in [9.17, 15) is 19.7 Å². The number of nitrogens with one attached hydrogen (secondary N) is 1. The van der Waals surface area contributed by atoms with Crippen LogP contribution in [0.1, 0.15) is 62.2 Å². The Balaban J connectivity index is 1.86. The van der Waals surface area contributed by atoms with Gasteiger partial charge in [-0.3, -0.25) is 19.7 Å². The second kappa shape index (κ2) is 11.2. The normalized spacial score (nSPS) is 11.2. The summed E-state index contributed by atoms with van der Waals surface area (Å²) in [6.07, 6.45) is 1.53. The quantitative estimate of drug-likeness (QED) is 0.324. The summed E-state index contributed by atoms with van der Waals surface area (Å²) in [4.78, 5) is 38.7. The largest absolute Gasteiger partial charge is 0.329 e. The third-order valence-electron chi connectivity index (χ3n) is 5.80. The molecule has 0 atom stereocenters. The van der Waals surface area contributed by atoms with Crippen molar-refractivity contribution < 1.29 is 14.5 Å². The summed E-state index contributed by atoms with van der Waals surface area (Å²) in [6, 6.07) is 15.7. The van der Waals surface area contributed by atoms with E-state index in [0.717, 1.165) is 17.8 Å². The number of para-hydroxylation sites is 1. The second-order valence-electron chi connectivity index (χ2n) is 9.80. The number of anilines is 1. The molecule has 9 heteroatoms. The molecule has 3 aromatic rings. The molecule has 0 saturated heterocycles. The topological polar surface area (TPSA) is 110 Å². The maximum absolute atomic E-state index is 13.3. The Kier molecular flexibility index (Phi) is 8.24. The van der Waals surface area contributed by atoms with Crippen LogP contribution in [0.15, 0.2) is 54.6 Å². The molecule has 1 aromatic heterocycles. The van der Waals surface area contributed by atoms with Crippen molar-refractivity contribution in [1.29, 1.82) is 0 Å². The van der Waals surface area contributed by atoms with Gasteiger partial charge in [-0.2, -0.15) is 5.10 Å². The zero-order chi connectivity index (χ0) is 26.5. The van der Waals surface area contributed by atoms with E-state index in [2.05, 4.69) is 5.32 Å². The summed E-state index contributed by atoms with van der Waals surface area (Å²) in [6.45, 7) is 9.91. The molecular formula is C27H33N5O4. The van der Waals surface area contributed by atoms with Crippen molar-refractivity contribution in [3.8, 4) is 5.69 Å². The summed E-state index contributed by atoms with van der Waals surface area (Å²) in [5.41, 5.74) is 1.91. The lowest BCUT2D eigenvalue weighted by Gasteiger charge is -2.22. The molecule has 0 aliphatic heterocycles. The Morgan fingerprint density at radius 1 is 1.11 bits per heavy atom. The predicted octanol–water partition coefficient (Wildman–Crippen LogP) is 5.27. The molecule has 0 spiro atoms. The minimum absolute atomic E-state index is 0.123. The van der Waals surface area contributed by atoms with Gasteiger partial charge in [-0.1, -0.05) is 58.4 Å². The number of amides is 2. The van der Waals surface area contributed by atoms with E-state index in [-0.39, 0.29) is 29.1 Å². The molecule has 0 saturated carbocycles. The van der Waals surface area contributed by atoms with E-state index in [0.29, 0.717) is 24.3 Å². The average Bonchev–Trinajstić information content (AvgIpc) is 3.26. The lowest BCUT2D eigenvalue weighted by Crippen LogP contribution is -2.39. The first kappa shape index (κ1) is 26.6. The number of carbonyl (C=O) groups excluding carboxylic acids is 2. The Hall–Kier alpha value is -4.01. The summed E-state index contributed by atoms with van der Waals surface area (Å²) >= 11 is 0. The van der Waals surface area contributed by atoms with Gasteiger partial charge in [-0.05, 0) is 31.5 Å². The highest BCUT2D eigenvalue weighted by Crippen LogP contribution is 2.26. The molecule has 0 bridgehead atoms. The number of unbranched alkanes of at least 4 members (excludes halogenated alkanes) is 1. The van der Waals surface area contributed by atoms with Crippen LogP contribution in [0.2, 0.25) is 0 Å². The van der Waals surface area contributed by atoms with Crippen LogP contribution in [0.5, 0.6) is 0 Å². The molecule has 0 unspecified atom stereocenters. The van der Waals surface area contributed by atoms with Crippen molar-refractivity contribution in [2.75, 3.05) is 18.4 Å². The molecule has 1 N–H and O–H groups in total. The van der Waals surface area contributed by atoms with Gasteiger partial charge in [0.25, 0.3) is 11.6 Å². The first-order valence-corrected chi connectivity index (χ1v) is 12.0. The minimum Gasteiger partial charge on any atom is -0.329 e. The van der Waals surface area contributed by atoms with Gasteiger partial charge in [-0.25, -0.2) is 4.68 Å². The first-order chi connectivity index (χ1) is 17.0. The molecule has 2 aromatic carbocycles. The van der Waals surface area contributed by atoms with Crippen LogP contribution in [0.4, 0.5) is 11.5 Å². The molecule has 3 rings (SSSR count). The van der Waals surface area contributed by atoms with Crippen LogP contribution < -0.4 is 5.32 Å². The smallest absolute Gasteiger partial charge is 0.273 e. The Morgan fingerprint density at radius 3 is 2.42 bits per heavy atom. The number of aryl methyl sites for hydroxylation is 1. The van der Waals surface area contributed by atoms with Gasteiger partial charge >= 0.3 is 0 Å². The van der Waals surface area contributed by atoms with E-state index >= 15 is 0 Å². The molecule has 2 amide bonds. The van der Waals surface area contributed by atoms with Crippen LogP contribution in [0.25, 0.3) is 5.69 Å². The number of nitro benzene ring substituents is 1. The van der Waals surface area contributed by atoms with Gasteiger partial charge in [-0.15, -0.1) is 0 Å². The van der Waals surface area contributed by atoms with Crippen molar-refractivity contribution in [1.82, 2.24) is 14.7 Å². The second-order valence-corrected chi connectivity index (χ2v) is 9.80. The highest BCUT2D eigenvalue weighted by atomic mass is 16.6. The third kappa shape index (κ3) is 6.35. The average molecular weight is 492 g/mol. The number of benzene rings is 2. The van der Waals surface area contributed by atoms with Gasteiger partial charge in [0.2, 0.25) is 5.91 Å². The van der Waals surface area contributed by atoms with Crippen LogP contribution in [0.3, 0.4) is 0 Å². The van der Waals surface area contributed by atoms with Crippen molar-refractivity contribution >= 4 is 23.3 Å². The number of nitrogens with zero attached hydrogens (tertiary/aromatic N) is 4. The maximum Gasteiger partial charge on any atom is 0.273 e. The summed E-state index contributed by atoms with van der Waals surface area (Å²) in [5.74, 6) is -0.294. The number of carbonyl (C=O) groups is 2. The molecular weight excluding hydrogens is 458 g/mol. The molecule has 1 heterocycles. The van der Waals surface area contributed by atoms with Crippen LogP contribution in [-0.4, -0.2) is 44.5 Å².